The fourth-order valence-corrected chi connectivity index (χ4v) is 3.23. The molecule has 0 spiro atoms. The first-order valence-electron chi connectivity index (χ1n) is 8.84. The van der Waals surface area contributed by atoms with Gasteiger partial charge in [0.05, 0.1) is 21.7 Å². The number of amides is 2. The van der Waals surface area contributed by atoms with Gasteiger partial charge in [0.2, 0.25) is 0 Å². The Morgan fingerprint density at radius 1 is 0.967 bits per heavy atom. The average molecular weight is 434 g/mol. The van der Waals surface area contributed by atoms with Gasteiger partial charge in [-0.05, 0) is 35.7 Å². The molecule has 6 nitrogen and oxygen atoms in total. The number of nitrogens with zero attached hydrogens (tertiary/aromatic N) is 1. The highest BCUT2D eigenvalue weighted by Gasteiger charge is 2.33. The summed E-state index contributed by atoms with van der Waals surface area (Å²) in [6.45, 7) is 0.0927. The van der Waals surface area contributed by atoms with E-state index >= 15 is 0 Å². The molecule has 0 bridgehead atoms. The molecule has 3 aromatic rings. The normalized spacial score (nSPS) is 11.0. The van der Waals surface area contributed by atoms with Gasteiger partial charge in [0.1, 0.15) is 5.82 Å². The van der Waals surface area contributed by atoms with E-state index in [0.717, 1.165) is 6.07 Å². The summed E-state index contributed by atoms with van der Waals surface area (Å²) in [5, 5.41) is 9.66. The number of alkyl halides is 3. The molecule has 0 aliphatic carbocycles. The van der Waals surface area contributed by atoms with Crippen LogP contribution in [0, 0.1) is 0 Å². The number of aromatic nitrogens is 1. The number of hydrogen-bond donors (Lipinski definition) is 3. The van der Waals surface area contributed by atoms with Crippen LogP contribution in [-0.4, -0.2) is 29.9 Å². The summed E-state index contributed by atoms with van der Waals surface area (Å²) in [6.07, 6.45) is -3.28. The van der Waals surface area contributed by atoms with Crippen molar-refractivity contribution in [3.63, 3.8) is 0 Å². The second-order valence-electron chi connectivity index (χ2n) is 6.06. The number of anilines is 2. The Labute approximate surface area is 174 Å². The molecular weight excluding hydrogens is 417 g/mol. The lowest BCUT2D eigenvalue weighted by Crippen LogP contribution is -2.30. The van der Waals surface area contributed by atoms with Crippen molar-refractivity contribution in [1.29, 1.82) is 0 Å². The number of halogens is 3. The lowest BCUT2D eigenvalue weighted by Gasteiger charge is -2.14. The van der Waals surface area contributed by atoms with Crippen molar-refractivity contribution in [1.82, 2.24) is 10.3 Å². The maximum absolute atomic E-state index is 13.0. The third-order valence-corrected chi connectivity index (χ3v) is 4.85. The van der Waals surface area contributed by atoms with E-state index in [0.29, 0.717) is 10.6 Å². The van der Waals surface area contributed by atoms with Crippen molar-refractivity contribution in [3.8, 4) is 0 Å². The first-order chi connectivity index (χ1) is 14.4. The number of carbonyl (C=O) groups excluding carboxylic acids is 2. The number of rotatable bonds is 7. The van der Waals surface area contributed by atoms with Crippen LogP contribution in [0.15, 0.2) is 60.1 Å². The molecule has 0 aliphatic rings. The van der Waals surface area contributed by atoms with Crippen LogP contribution >= 0.6 is 11.3 Å². The molecule has 2 amide bonds. The van der Waals surface area contributed by atoms with Gasteiger partial charge in [-0.15, -0.1) is 11.3 Å². The molecule has 0 radical (unpaired) electrons. The smallest absolute Gasteiger partial charge is 0.368 e. The zero-order chi connectivity index (χ0) is 21.6. The predicted octanol–water partition coefficient (Wildman–Crippen LogP) is 4.26. The third kappa shape index (κ3) is 5.35. The zero-order valence-corrected chi connectivity index (χ0v) is 16.3. The second kappa shape index (κ2) is 9.40. The predicted molar refractivity (Wildman–Crippen MR) is 109 cm³/mol. The van der Waals surface area contributed by atoms with E-state index in [-0.39, 0.29) is 30.4 Å². The van der Waals surface area contributed by atoms with Gasteiger partial charge in [0, 0.05) is 19.3 Å². The molecule has 0 atom stereocenters. The van der Waals surface area contributed by atoms with Crippen LogP contribution in [0.3, 0.4) is 0 Å². The monoisotopic (exact) mass is 434 g/mol. The summed E-state index contributed by atoms with van der Waals surface area (Å²) in [5.41, 5.74) is -0.292. The van der Waals surface area contributed by atoms with Crippen molar-refractivity contribution in [3.05, 3.63) is 76.1 Å². The summed E-state index contributed by atoms with van der Waals surface area (Å²) in [4.78, 5) is 28.9. The van der Waals surface area contributed by atoms with E-state index < -0.39 is 17.6 Å². The number of para-hydroxylation sites is 1. The lowest BCUT2D eigenvalue weighted by atomic mass is 10.1. The van der Waals surface area contributed by atoms with Crippen LogP contribution in [-0.2, 0) is 6.18 Å². The highest BCUT2D eigenvalue weighted by molar-refractivity contribution is 7.12. The summed E-state index contributed by atoms with van der Waals surface area (Å²) in [6, 6.07) is 12.0. The highest BCUT2D eigenvalue weighted by atomic mass is 32.1. The average Bonchev–Trinajstić information content (AvgIpc) is 3.26. The van der Waals surface area contributed by atoms with Crippen LogP contribution < -0.4 is 16.0 Å². The van der Waals surface area contributed by atoms with Crippen LogP contribution in [0.4, 0.5) is 24.7 Å². The number of carbonyl (C=O) groups is 2. The summed E-state index contributed by atoms with van der Waals surface area (Å²) < 4.78 is 38.9. The zero-order valence-electron chi connectivity index (χ0n) is 15.5. The molecule has 0 saturated carbocycles. The molecule has 156 valence electrons. The molecule has 3 rings (SSSR count). The third-order valence-electron chi connectivity index (χ3n) is 3.98. The summed E-state index contributed by atoms with van der Waals surface area (Å²) >= 11 is 1.28. The second-order valence-corrected chi connectivity index (χ2v) is 7.00. The molecule has 0 unspecified atom stereocenters. The molecule has 2 aromatic heterocycles. The van der Waals surface area contributed by atoms with Gasteiger partial charge in [0.15, 0.2) is 0 Å². The molecular formula is C20H17F3N4O2S. The van der Waals surface area contributed by atoms with Gasteiger partial charge in [-0.25, -0.2) is 4.98 Å². The van der Waals surface area contributed by atoms with Crippen molar-refractivity contribution in [2.75, 3.05) is 23.7 Å². The highest BCUT2D eigenvalue weighted by Crippen LogP contribution is 2.33. The Hall–Kier alpha value is -3.40. The first kappa shape index (κ1) is 21.3. The number of thiophene rings is 1. The SMILES string of the molecule is O=C(Nc1ccccc1C(=O)NCCNc1ncccc1C(F)(F)F)c1cccs1. The molecule has 0 fully saturated rings. The van der Waals surface area contributed by atoms with E-state index in [1.807, 2.05) is 0 Å². The van der Waals surface area contributed by atoms with Crippen molar-refractivity contribution >= 4 is 34.7 Å². The Bertz CT molecular complexity index is 1020. The lowest BCUT2D eigenvalue weighted by molar-refractivity contribution is -0.137. The Balaban J connectivity index is 1.58. The van der Waals surface area contributed by atoms with E-state index in [9.17, 15) is 22.8 Å². The summed E-state index contributed by atoms with van der Waals surface area (Å²) in [5.74, 6) is -1.10. The Morgan fingerprint density at radius 3 is 2.50 bits per heavy atom. The van der Waals surface area contributed by atoms with Crippen LogP contribution in [0.1, 0.15) is 25.6 Å². The molecule has 0 saturated heterocycles. The standard InChI is InChI=1S/C20H17F3N4O2S/c21-20(22,23)14-6-3-9-24-17(14)25-10-11-26-18(28)13-5-1-2-7-15(13)27-19(29)16-8-4-12-30-16/h1-9,12H,10-11H2,(H,24,25)(H,26,28)(H,27,29). The molecule has 10 heteroatoms. The van der Waals surface area contributed by atoms with Gasteiger partial charge >= 0.3 is 6.18 Å². The molecule has 3 N–H and O–H groups in total. The fourth-order valence-electron chi connectivity index (χ4n) is 2.61. The van der Waals surface area contributed by atoms with E-state index in [1.54, 1.807) is 41.8 Å². The molecule has 0 aliphatic heterocycles. The molecule has 1 aromatic carbocycles. The van der Waals surface area contributed by atoms with E-state index in [1.165, 1.54) is 23.6 Å². The van der Waals surface area contributed by atoms with Crippen molar-refractivity contribution in [2.24, 2.45) is 0 Å². The minimum absolute atomic E-state index is 0.0373. The minimum Gasteiger partial charge on any atom is -0.368 e. The minimum atomic E-state index is -4.53. The van der Waals surface area contributed by atoms with E-state index in [2.05, 4.69) is 20.9 Å². The fraction of sp³-hybridized carbons (Fsp3) is 0.150. The van der Waals surface area contributed by atoms with Crippen LogP contribution in [0.2, 0.25) is 0 Å². The largest absolute Gasteiger partial charge is 0.419 e. The maximum Gasteiger partial charge on any atom is 0.419 e. The van der Waals surface area contributed by atoms with Gasteiger partial charge in [-0.1, -0.05) is 18.2 Å². The van der Waals surface area contributed by atoms with Gasteiger partial charge in [-0.3, -0.25) is 9.59 Å². The van der Waals surface area contributed by atoms with Gasteiger partial charge in [-0.2, -0.15) is 13.2 Å². The number of benzene rings is 1. The first-order valence-corrected chi connectivity index (χ1v) is 9.72. The Morgan fingerprint density at radius 2 is 1.77 bits per heavy atom. The van der Waals surface area contributed by atoms with Crippen LogP contribution in [0.25, 0.3) is 0 Å². The van der Waals surface area contributed by atoms with Gasteiger partial charge in [0.25, 0.3) is 11.8 Å². The van der Waals surface area contributed by atoms with Crippen molar-refractivity contribution in [2.45, 2.75) is 6.18 Å². The van der Waals surface area contributed by atoms with Crippen molar-refractivity contribution < 1.29 is 22.8 Å². The molecule has 30 heavy (non-hydrogen) atoms. The summed E-state index contributed by atoms with van der Waals surface area (Å²) in [7, 11) is 0. The quantitative estimate of drug-likeness (QED) is 0.486. The number of hydrogen-bond acceptors (Lipinski definition) is 5. The number of pyridine rings is 1. The van der Waals surface area contributed by atoms with E-state index in [4.69, 9.17) is 0 Å². The topological polar surface area (TPSA) is 83.1 Å². The maximum atomic E-state index is 13.0. The van der Waals surface area contributed by atoms with Crippen LogP contribution in [0.5, 0.6) is 0 Å². The Kier molecular flexibility index (Phi) is 6.68. The molecule has 2 heterocycles. The number of nitrogens with one attached hydrogen (secondary N) is 3. The van der Waals surface area contributed by atoms with Gasteiger partial charge < -0.3 is 16.0 Å².